The number of nitrogens with zero attached hydrogens (tertiary/aromatic N) is 3. The Hall–Kier alpha value is -2.41. The van der Waals surface area contributed by atoms with Crippen molar-refractivity contribution in [3.05, 3.63) is 41.2 Å². The van der Waals surface area contributed by atoms with Crippen molar-refractivity contribution in [1.29, 1.82) is 0 Å². The molecule has 7 heteroatoms. The van der Waals surface area contributed by atoms with E-state index < -0.39 is 0 Å². The van der Waals surface area contributed by atoms with Crippen LogP contribution in [0.4, 0.5) is 5.13 Å². The number of nitrogen functional groups attached to an aromatic ring is 1. The topological polar surface area (TPSA) is 85.8 Å². The second-order valence-electron chi connectivity index (χ2n) is 5.88. The average Bonchev–Trinajstić information content (AvgIpc) is 3.19. The molecular weight excluding hydrogens is 334 g/mol. The van der Waals surface area contributed by atoms with Gasteiger partial charge in [0.1, 0.15) is 11.9 Å². The summed E-state index contributed by atoms with van der Waals surface area (Å²) in [4.78, 5) is 21.7. The second-order valence-corrected chi connectivity index (χ2v) is 6.77. The molecule has 3 aromatic rings. The number of anilines is 1. The predicted octanol–water partition coefficient (Wildman–Crippen LogP) is 2.95. The maximum absolute atomic E-state index is 12.8. The van der Waals surface area contributed by atoms with Gasteiger partial charge in [-0.2, -0.15) is 0 Å². The number of carbonyl (C=O) groups excluding carboxylic acids is 1. The number of nitrogens with one attached hydrogen (secondary N) is 1. The van der Waals surface area contributed by atoms with Crippen LogP contribution in [0, 0.1) is 0 Å². The van der Waals surface area contributed by atoms with Gasteiger partial charge in [-0.3, -0.25) is 4.79 Å². The lowest BCUT2D eigenvalue weighted by molar-refractivity contribution is -0.124. The van der Waals surface area contributed by atoms with E-state index in [1.807, 2.05) is 36.6 Å². The quantitative estimate of drug-likeness (QED) is 0.681. The minimum Gasteiger partial charge on any atom is -0.375 e. The van der Waals surface area contributed by atoms with Gasteiger partial charge in [0.15, 0.2) is 5.13 Å². The van der Waals surface area contributed by atoms with Crippen molar-refractivity contribution in [2.75, 3.05) is 12.3 Å². The zero-order chi connectivity index (χ0) is 17.8. The standard InChI is InChI=1S/C18H23N5OS/c1-3-14(17(24)20-10-9-12-11-25-18(19)21-12)23-15-8-6-5-7-13(15)22-16(23)4-2/h5-8,11,14H,3-4,9-10H2,1-2H3,(H2,19,21)(H,20,24). The number of aromatic nitrogens is 3. The first kappa shape index (κ1) is 17.4. The van der Waals surface area contributed by atoms with Crippen molar-refractivity contribution in [3.63, 3.8) is 0 Å². The van der Waals surface area contributed by atoms with E-state index in [0.717, 1.165) is 29.0 Å². The number of hydrogen-bond acceptors (Lipinski definition) is 5. The summed E-state index contributed by atoms with van der Waals surface area (Å²) in [6.07, 6.45) is 2.18. The molecule has 25 heavy (non-hydrogen) atoms. The fourth-order valence-electron chi connectivity index (χ4n) is 3.05. The van der Waals surface area contributed by atoms with Crippen LogP contribution < -0.4 is 11.1 Å². The minimum atomic E-state index is -0.261. The summed E-state index contributed by atoms with van der Waals surface area (Å²) in [6.45, 7) is 4.64. The van der Waals surface area contributed by atoms with E-state index in [2.05, 4.69) is 26.8 Å². The first-order valence-corrected chi connectivity index (χ1v) is 9.45. The number of para-hydroxylation sites is 2. The molecule has 2 heterocycles. The number of imidazole rings is 1. The van der Waals surface area contributed by atoms with Gasteiger partial charge in [-0.15, -0.1) is 11.3 Å². The Bertz CT molecular complexity index is 869. The molecule has 0 aliphatic heterocycles. The van der Waals surface area contributed by atoms with Gasteiger partial charge in [0.25, 0.3) is 0 Å². The lowest BCUT2D eigenvalue weighted by atomic mass is 10.1. The number of fused-ring (bicyclic) bond motifs is 1. The summed E-state index contributed by atoms with van der Waals surface area (Å²) in [6, 6.07) is 7.71. The van der Waals surface area contributed by atoms with Gasteiger partial charge in [-0.1, -0.05) is 26.0 Å². The van der Waals surface area contributed by atoms with Gasteiger partial charge in [0.2, 0.25) is 5.91 Å². The van der Waals surface area contributed by atoms with Crippen LogP contribution in [-0.2, 0) is 17.6 Å². The van der Waals surface area contributed by atoms with Crippen LogP contribution in [0.5, 0.6) is 0 Å². The van der Waals surface area contributed by atoms with Crippen LogP contribution in [0.15, 0.2) is 29.6 Å². The SMILES string of the molecule is CCc1nc2ccccc2n1C(CC)C(=O)NCCc1csc(N)n1. The summed E-state index contributed by atoms with van der Waals surface area (Å²) in [5.41, 5.74) is 8.50. The average molecular weight is 357 g/mol. The van der Waals surface area contributed by atoms with E-state index in [1.54, 1.807) is 0 Å². The van der Waals surface area contributed by atoms with E-state index in [0.29, 0.717) is 24.5 Å². The Morgan fingerprint density at radius 2 is 2.12 bits per heavy atom. The molecule has 132 valence electrons. The summed E-state index contributed by atoms with van der Waals surface area (Å²) in [5.74, 6) is 0.957. The molecule has 6 nitrogen and oxygen atoms in total. The Morgan fingerprint density at radius 1 is 1.32 bits per heavy atom. The highest BCUT2D eigenvalue weighted by molar-refractivity contribution is 7.13. The van der Waals surface area contributed by atoms with Crippen LogP contribution in [0.2, 0.25) is 0 Å². The minimum absolute atomic E-state index is 0.0172. The van der Waals surface area contributed by atoms with Crippen molar-refractivity contribution in [3.8, 4) is 0 Å². The third-order valence-corrected chi connectivity index (χ3v) is 4.96. The van der Waals surface area contributed by atoms with Crippen molar-refractivity contribution in [1.82, 2.24) is 19.9 Å². The number of thiazole rings is 1. The molecule has 2 aromatic heterocycles. The normalized spacial score (nSPS) is 12.4. The predicted molar refractivity (Wildman–Crippen MR) is 102 cm³/mol. The first-order chi connectivity index (χ1) is 12.1. The van der Waals surface area contributed by atoms with E-state index >= 15 is 0 Å². The highest BCUT2D eigenvalue weighted by Crippen LogP contribution is 2.24. The Kier molecular flexibility index (Phi) is 5.33. The zero-order valence-corrected chi connectivity index (χ0v) is 15.3. The number of carbonyl (C=O) groups is 1. The fraction of sp³-hybridized carbons (Fsp3) is 0.389. The van der Waals surface area contributed by atoms with Gasteiger partial charge in [0.05, 0.1) is 16.7 Å². The first-order valence-electron chi connectivity index (χ1n) is 8.57. The van der Waals surface area contributed by atoms with Crippen LogP contribution in [0.25, 0.3) is 11.0 Å². The molecular formula is C18H23N5OS. The highest BCUT2D eigenvalue weighted by Gasteiger charge is 2.23. The molecule has 1 atom stereocenters. The van der Waals surface area contributed by atoms with Crippen LogP contribution >= 0.6 is 11.3 Å². The molecule has 0 aliphatic carbocycles. The number of rotatable bonds is 7. The summed E-state index contributed by atoms with van der Waals surface area (Å²) in [7, 11) is 0. The maximum Gasteiger partial charge on any atom is 0.243 e. The van der Waals surface area contributed by atoms with Crippen LogP contribution in [-0.4, -0.2) is 27.0 Å². The third kappa shape index (κ3) is 3.66. The monoisotopic (exact) mass is 357 g/mol. The molecule has 0 bridgehead atoms. The molecule has 3 rings (SSSR count). The van der Waals surface area contributed by atoms with E-state index in [9.17, 15) is 4.79 Å². The molecule has 1 unspecified atom stereocenters. The van der Waals surface area contributed by atoms with Crippen molar-refractivity contribution >= 4 is 33.4 Å². The number of amides is 1. The van der Waals surface area contributed by atoms with E-state index in [4.69, 9.17) is 5.73 Å². The molecule has 0 radical (unpaired) electrons. The van der Waals surface area contributed by atoms with E-state index in [1.165, 1.54) is 11.3 Å². The maximum atomic E-state index is 12.8. The van der Waals surface area contributed by atoms with Crippen molar-refractivity contribution in [2.45, 2.75) is 39.2 Å². The third-order valence-electron chi connectivity index (χ3n) is 4.24. The van der Waals surface area contributed by atoms with Crippen LogP contribution in [0.1, 0.15) is 37.8 Å². The molecule has 3 N–H and O–H groups in total. The van der Waals surface area contributed by atoms with Gasteiger partial charge in [-0.25, -0.2) is 9.97 Å². The van der Waals surface area contributed by atoms with Gasteiger partial charge in [-0.05, 0) is 18.6 Å². The van der Waals surface area contributed by atoms with Crippen LogP contribution in [0.3, 0.4) is 0 Å². The van der Waals surface area contributed by atoms with Crippen molar-refractivity contribution in [2.24, 2.45) is 0 Å². The Balaban J connectivity index is 1.76. The van der Waals surface area contributed by atoms with Gasteiger partial charge < -0.3 is 15.6 Å². The fourth-order valence-corrected chi connectivity index (χ4v) is 3.64. The molecule has 0 aliphatic rings. The Morgan fingerprint density at radius 3 is 2.80 bits per heavy atom. The number of nitrogens with two attached hydrogens (primary N) is 1. The van der Waals surface area contributed by atoms with Gasteiger partial charge >= 0.3 is 0 Å². The summed E-state index contributed by atoms with van der Waals surface area (Å²) < 4.78 is 2.07. The molecule has 1 amide bonds. The number of hydrogen-bond donors (Lipinski definition) is 2. The zero-order valence-electron chi connectivity index (χ0n) is 14.5. The second kappa shape index (κ2) is 7.65. The molecule has 0 fully saturated rings. The molecule has 0 spiro atoms. The largest absolute Gasteiger partial charge is 0.375 e. The van der Waals surface area contributed by atoms with E-state index in [-0.39, 0.29) is 11.9 Å². The smallest absolute Gasteiger partial charge is 0.243 e. The molecule has 0 saturated carbocycles. The summed E-state index contributed by atoms with van der Waals surface area (Å²) >= 11 is 1.42. The van der Waals surface area contributed by atoms with Gasteiger partial charge in [0, 0.05) is 24.8 Å². The lowest BCUT2D eigenvalue weighted by Gasteiger charge is -2.19. The lowest BCUT2D eigenvalue weighted by Crippen LogP contribution is -2.34. The number of benzene rings is 1. The number of aryl methyl sites for hydroxylation is 1. The Labute approximate surface area is 151 Å². The molecule has 1 aromatic carbocycles. The summed E-state index contributed by atoms with van der Waals surface area (Å²) in [5, 5.41) is 5.52. The highest BCUT2D eigenvalue weighted by atomic mass is 32.1. The molecule has 0 saturated heterocycles. The van der Waals surface area contributed by atoms with Crippen molar-refractivity contribution < 1.29 is 4.79 Å².